The molecule has 0 spiro atoms. The van der Waals surface area contributed by atoms with Crippen LogP contribution in [0.2, 0.25) is 0 Å². The summed E-state index contributed by atoms with van der Waals surface area (Å²) >= 11 is 0. The van der Waals surface area contributed by atoms with Crippen LogP contribution in [-0.4, -0.2) is 45.4 Å². The zero-order chi connectivity index (χ0) is 22.6. The van der Waals surface area contributed by atoms with Crippen molar-refractivity contribution in [3.8, 4) is 11.5 Å². The topological polar surface area (TPSA) is 84.9 Å². The fourth-order valence-corrected chi connectivity index (χ4v) is 5.58. The second-order valence-electron chi connectivity index (χ2n) is 7.97. The van der Waals surface area contributed by atoms with Crippen LogP contribution in [-0.2, 0) is 21.2 Å². The fourth-order valence-electron chi connectivity index (χ4n) is 4.03. The maximum absolute atomic E-state index is 13.1. The second-order valence-corrected chi connectivity index (χ2v) is 9.91. The van der Waals surface area contributed by atoms with E-state index in [0.717, 1.165) is 49.0 Å². The molecular weight excluding hydrogens is 428 g/mol. The molecule has 1 fully saturated rings. The van der Waals surface area contributed by atoms with Crippen molar-refractivity contribution in [2.45, 2.75) is 37.0 Å². The first-order valence-corrected chi connectivity index (χ1v) is 12.3. The van der Waals surface area contributed by atoms with Gasteiger partial charge in [0.25, 0.3) is 0 Å². The Morgan fingerprint density at radius 1 is 1.09 bits per heavy atom. The number of sulfonamides is 1. The summed E-state index contributed by atoms with van der Waals surface area (Å²) in [6.07, 6.45) is 7.81. The first kappa shape index (κ1) is 22.4. The maximum atomic E-state index is 13.1. The van der Waals surface area contributed by atoms with Crippen molar-refractivity contribution in [2.24, 2.45) is 0 Å². The number of nitrogens with zero attached hydrogens (tertiary/aromatic N) is 1. The first-order valence-electron chi connectivity index (χ1n) is 10.9. The van der Waals surface area contributed by atoms with Crippen molar-refractivity contribution < 1.29 is 22.7 Å². The van der Waals surface area contributed by atoms with Crippen molar-refractivity contribution in [1.29, 1.82) is 0 Å². The van der Waals surface area contributed by atoms with Gasteiger partial charge < -0.3 is 14.8 Å². The largest absolute Gasteiger partial charge is 0.495 e. The second kappa shape index (κ2) is 9.75. The number of fused-ring (bicyclic) bond motifs is 1. The molecule has 2 aromatic carbocycles. The number of ether oxygens (including phenoxy) is 2. The minimum Gasteiger partial charge on any atom is -0.495 e. The monoisotopic (exact) mass is 456 g/mol. The molecule has 0 aliphatic carbocycles. The van der Waals surface area contributed by atoms with Gasteiger partial charge in [0, 0.05) is 25.6 Å². The lowest BCUT2D eigenvalue weighted by Crippen LogP contribution is -2.32. The van der Waals surface area contributed by atoms with E-state index in [-0.39, 0.29) is 10.8 Å². The van der Waals surface area contributed by atoms with E-state index in [4.69, 9.17) is 9.47 Å². The van der Waals surface area contributed by atoms with Crippen LogP contribution >= 0.6 is 0 Å². The Morgan fingerprint density at radius 2 is 1.88 bits per heavy atom. The molecule has 0 radical (unpaired) electrons. The summed E-state index contributed by atoms with van der Waals surface area (Å²) in [4.78, 5) is 12.7. The number of hydrogen-bond donors (Lipinski definition) is 1. The number of nitrogens with one attached hydrogen (secondary N) is 1. The van der Waals surface area contributed by atoms with Crippen LogP contribution in [0.5, 0.6) is 11.5 Å². The van der Waals surface area contributed by atoms with Gasteiger partial charge in [-0.2, -0.15) is 4.31 Å². The number of hydrogen-bond acceptors (Lipinski definition) is 5. The average Bonchev–Trinajstić information content (AvgIpc) is 3.08. The molecular formula is C24H28N2O5S. The fraction of sp³-hybridized carbons (Fsp3) is 0.375. The van der Waals surface area contributed by atoms with Gasteiger partial charge in [0.2, 0.25) is 15.9 Å². The van der Waals surface area contributed by atoms with Crippen LogP contribution in [0.4, 0.5) is 5.69 Å². The number of methoxy groups -OCH3 is 1. The normalized spacial score (nSPS) is 16.9. The summed E-state index contributed by atoms with van der Waals surface area (Å²) in [7, 11) is -2.15. The zero-order valence-corrected chi connectivity index (χ0v) is 19.0. The third-order valence-electron chi connectivity index (χ3n) is 5.77. The molecule has 0 saturated carbocycles. The molecule has 2 aliphatic rings. The molecule has 1 N–H and O–H groups in total. The Balaban J connectivity index is 1.51. The Morgan fingerprint density at radius 3 is 2.62 bits per heavy atom. The number of benzene rings is 2. The highest BCUT2D eigenvalue weighted by Gasteiger charge is 2.26. The highest BCUT2D eigenvalue weighted by atomic mass is 32.2. The third kappa shape index (κ3) is 4.97. The van der Waals surface area contributed by atoms with Crippen molar-refractivity contribution in [3.63, 3.8) is 0 Å². The van der Waals surface area contributed by atoms with E-state index in [1.807, 2.05) is 18.2 Å². The number of rotatable bonds is 6. The highest BCUT2D eigenvalue weighted by molar-refractivity contribution is 7.89. The summed E-state index contributed by atoms with van der Waals surface area (Å²) < 4.78 is 38.6. The van der Waals surface area contributed by atoms with E-state index >= 15 is 0 Å². The zero-order valence-electron chi connectivity index (χ0n) is 18.2. The predicted molar refractivity (Wildman–Crippen MR) is 124 cm³/mol. The SMILES string of the molecule is COc1ccc(S(=O)(=O)N2CCCCCC2)cc1NC(=O)/C=C/c1ccc2c(c1)CCO2. The molecule has 7 nitrogen and oxygen atoms in total. The minimum atomic E-state index is -3.63. The maximum Gasteiger partial charge on any atom is 0.248 e. The number of carbonyl (C=O) groups is 1. The van der Waals surface area contributed by atoms with Crippen LogP contribution in [0.1, 0.15) is 36.8 Å². The molecule has 32 heavy (non-hydrogen) atoms. The molecule has 8 heteroatoms. The summed E-state index contributed by atoms with van der Waals surface area (Å²) in [5.41, 5.74) is 2.34. The van der Waals surface area contributed by atoms with E-state index in [1.54, 1.807) is 12.1 Å². The van der Waals surface area contributed by atoms with E-state index < -0.39 is 10.0 Å². The average molecular weight is 457 g/mol. The van der Waals surface area contributed by atoms with Gasteiger partial charge in [-0.1, -0.05) is 18.9 Å². The van der Waals surface area contributed by atoms with Gasteiger partial charge in [-0.3, -0.25) is 4.79 Å². The lowest BCUT2D eigenvalue weighted by atomic mass is 10.1. The van der Waals surface area contributed by atoms with Gasteiger partial charge in [0.1, 0.15) is 11.5 Å². The van der Waals surface area contributed by atoms with Gasteiger partial charge >= 0.3 is 0 Å². The van der Waals surface area contributed by atoms with Crippen LogP contribution < -0.4 is 14.8 Å². The molecule has 0 bridgehead atoms. The van der Waals surface area contributed by atoms with Crippen LogP contribution in [0, 0.1) is 0 Å². The van der Waals surface area contributed by atoms with E-state index in [2.05, 4.69) is 5.32 Å². The molecule has 2 heterocycles. The molecule has 1 saturated heterocycles. The van der Waals surface area contributed by atoms with Crippen molar-refractivity contribution in [2.75, 3.05) is 32.1 Å². The summed E-state index contributed by atoms with van der Waals surface area (Å²) in [5.74, 6) is 0.916. The third-order valence-corrected chi connectivity index (χ3v) is 7.67. The molecule has 170 valence electrons. The van der Waals surface area contributed by atoms with E-state index in [0.29, 0.717) is 31.1 Å². The van der Waals surface area contributed by atoms with Crippen molar-refractivity contribution in [1.82, 2.24) is 4.31 Å². The number of carbonyl (C=O) groups excluding carboxylic acids is 1. The first-order chi connectivity index (χ1) is 15.5. The van der Waals surface area contributed by atoms with E-state index in [1.165, 1.54) is 29.6 Å². The van der Waals surface area contributed by atoms with Gasteiger partial charge in [-0.05, 0) is 60.4 Å². The Kier molecular flexibility index (Phi) is 6.81. The van der Waals surface area contributed by atoms with Crippen LogP contribution in [0.3, 0.4) is 0 Å². The summed E-state index contributed by atoms with van der Waals surface area (Å²) in [6, 6.07) is 10.4. The molecule has 0 unspecified atom stereocenters. The summed E-state index contributed by atoms with van der Waals surface area (Å²) in [6.45, 7) is 1.72. The van der Waals surface area contributed by atoms with Gasteiger partial charge in [0.05, 0.1) is 24.3 Å². The van der Waals surface area contributed by atoms with Gasteiger partial charge in [-0.15, -0.1) is 0 Å². The van der Waals surface area contributed by atoms with Crippen molar-refractivity contribution >= 4 is 27.7 Å². The molecule has 4 rings (SSSR count). The molecule has 0 atom stereocenters. The lowest BCUT2D eigenvalue weighted by molar-refractivity contribution is -0.111. The van der Waals surface area contributed by atoms with E-state index in [9.17, 15) is 13.2 Å². The molecule has 2 aromatic rings. The van der Waals surface area contributed by atoms with Gasteiger partial charge in [0.15, 0.2) is 0 Å². The summed E-state index contributed by atoms with van der Waals surface area (Å²) in [5, 5.41) is 2.75. The molecule has 2 aliphatic heterocycles. The van der Waals surface area contributed by atoms with Crippen LogP contribution in [0.15, 0.2) is 47.4 Å². The molecule has 1 amide bonds. The Bertz CT molecular complexity index is 1120. The minimum absolute atomic E-state index is 0.151. The molecule has 0 aromatic heterocycles. The quantitative estimate of drug-likeness (QED) is 0.668. The Labute approximate surface area is 189 Å². The van der Waals surface area contributed by atoms with Gasteiger partial charge in [-0.25, -0.2) is 8.42 Å². The predicted octanol–water partition coefficient (Wildman–Crippen LogP) is 3.85. The standard InChI is InChI=1S/C24H28N2O5S/c1-30-23-10-8-20(32(28,29)26-13-4-2-3-5-14-26)17-21(23)25-24(27)11-7-18-6-9-22-19(16-18)12-15-31-22/h6-11,16-17H,2-5,12-15H2,1H3,(H,25,27)/b11-7+. The smallest absolute Gasteiger partial charge is 0.248 e. The Hall–Kier alpha value is -2.84. The number of amides is 1. The highest BCUT2D eigenvalue weighted by Crippen LogP contribution is 2.30. The van der Waals surface area contributed by atoms with Crippen molar-refractivity contribution in [3.05, 3.63) is 53.6 Å². The lowest BCUT2D eigenvalue weighted by Gasteiger charge is -2.20. The number of anilines is 1. The van der Waals surface area contributed by atoms with Crippen LogP contribution in [0.25, 0.3) is 6.08 Å².